The van der Waals surface area contributed by atoms with Gasteiger partial charge in [0, 0.05) is 19.6 Å². The Kier molecular flexibility index (Phi) is 4.55. The molecule has 0 radical (unpaired) electrons. The molecule has 0 aromatic carbocycles. The molecule has 0 aromatic heterocycles. The third-order valence-corrected chi connectivity index (χ3v) is 4.96. The second-order valence-corrected chi connectivity index (χ2v) is 6.56. The highest BCUT2D eigenvalue weighted by Crippen LogP contribution is 2.30. The number of carboxylic acid groups (broad SMARTS) is 1. The minimum absolute atomic E-state index is 0.0372. The minimum Gasteiger partial charge on any atom is -0.480 e. The first-order valence-electron chi connectivity index (χ1n) is 7.68. The average molecular weight is 282 g/mol. The fourth-order valence-corrected chi connectivity index (χ4v) is 3.65. The third kappa shape index (κ3) is 2.91. The summed E-state index contributed by atoms with van der Waals surface area (Å²) in [5.74, 6) is -0.194. The number of nitrogens with zero attached hydrogens (tertiary/aromatic N) is 2. The van der Waals surface area contributed by atoms with Crippen LogP contribution in [0.4, 0.5) is 4.79 Å². The number of amides is 2. The number of hydrogen-bond donors (Lipinski definition) is 1. The van der Waals surface area contributed by atoms with Gasteiger partial charge in [-0.1, -0.05) is 26.7 Å². The van der Waals surface area contributed by atoms with Crippen molar-refractivity contribution < 1.29 is 14.7 Å². The van der Waals surface area contributed by atoms with Crippen molar-refractivity contribution in [3.8, 4) is 0 Å². The summed E-state index contributed by atoms with van der Waals surface area (Å²) in [7, 11) is 1.83. The van der Waals surface area contributed by atoms with Crippen LogP contribution in [-0.4, -0.2) is 52.6 Å². The summed E-state index contributed by atoms with van der Waals surface area (Å²) in [5.41, 5.74) is 0. The van der Waals surface area contributed by atoms with Crippen LogP contribution >= 0.6 is 0 Å². The largest absolute Gasteiger partial charge is 0.480 e. The molecule has 2 amide bonds. The zero-order chi connectivity index (χ0) is 14.9. The van der Waals surface area contributed by atoms with Gasteiger partial charge in [-0.15, -0.1) is 0 Å². The number of hydrogen-bond acceptors (Lipinski definition) is 2. The summed E-state index contributed by atoms with van der Waals surface area (Å²) in [5, 5.41) is 9.32. The summed E-state index contributed by atoms with van der Waals surface area (Å²) in [6.07, 6.45) is 5.23. The van der Waals surface area contributed by atoms with Gasteiger partial charge in [0.05, 0.1) is 0 Å². The molecule has 0 spiro atoms. The predicted octanol–water partition coefficient (Wildman–Crippen LogP) is 2.41. The summed E-state index contributed by atoms with van der Waals surface area (Å²) >= 11 is 0. The van der Waals surface area contributed by atoms with Crippen LogP contribution in [0.1, 0.15) is 46.0 Å². The molecule has 114 valence electrons. The number of carboxylic acids is 1. The molecular formula is C15H26N2O3. The van der Waals surface area contributed by atoms with Crippen molar-refractivity contribution in [1.29, 1.82) is 0 Å². The van der Waals surface area contributed by atoms with E-state index in [1.165, 1.54) is 6.42 Å². The zero-order valence-electron chi connectivity index (χ0n) is 12.7. The van der Waals surface area contributed by atoms with Crippen LogP contribution < -0.4 is 0 Å². The van der Waals surface area contributed by atoms with Crippen molar-refractivity contribution in [2.24, 2.45) is 11.8 Å². The molecule has 1 heterocycles. The maximum atomic E-state index is 12.6. The van der Waals surface area contributed by atoms with Crippen LogP contribution in [0.15, 0.2) is 0 Å². The van der Waals surface area contributed by atoms with Gasteiger partial charge in [-0.25, -0.2) is 9.59 Å². The number of aliphatic carboxylic acids is 1. The van der Waals surface area contributed by atoms with E-state index in [2.05, 4.69) is 6.92 Å². The first-order valence-corrected chi connectivity index (χ1v) is 7.68. The van der Waals surface area contributed by atoms with Crippen LogP contribution in [0, 0.1) is 11.8 Å². The Morgan fingerprint density at radius 3 is 2.50 bits per heavy atom. The molecular weight excluding hydrogens is 256 g/mol. The van der Waals surface area contributed by atoms with Crippen molar-refractivity contribution in [3.05, 3.63) is 0 Å². The highest BCUT2D eigenvalue weighted by Gasteiger charge is 2.41. The SMILES string of the molecule is CC1CCCC(N(C)C(=O)N2CCC(C)C2C(=O)O)C1. The van der Waals surface area contributed by atoms with Gasteiger partial charge in [-0.2, -0.15) is 0 Å². The summed E-state index contributed by atoms with van der Waals surface area (Å²) in [4.78, 5) is 27.3. The van der Waals surface area contributed by atoms with Gasteiger partial charge in [-0.3, -0.25) is 0 Å². The van der Waals surface area contributed by atoms with Crippen molar-refractivity contribution in [2.75, 3.05) is 13.6 Å². The van der Waals surface area contributed by atoms with E-state index in [1.807, 2.05) is 14.0 Å². The molecule has 0 bridgehead atoms. The number of carbonyl (C=O) groups excluding carboxylic acids is 1. The quantitative estimate of drug-likeness (QED) is 0.846. The molecule has 1 saturated carbocycles. The second-order valence-electron chi connectivity index (χ2n) is 6.56. The highest BCUT2D eigenvalue weighted by atomic mass is 16.4. The highest BCUT2D eigenvalue weighted by molar-refractivity contribution is 5.83. The Bertz CT molecular complexity index is 385. The van der Waals surface area contributed by atoms with Gasteiger partial charge in [0.15, 0.2) is 0 Å². The first kappa shape index (κ1) is 15.1. The lowest BCUT2D eigenvalue weighted by Crippen LogP contribution is -2.51. The maximum absolute atomic E-state index is 12.6. The lowest BCUT2D eigenvalue weighted by molar-refractivity contribution is -0.142. The monoisotopic (exact) mass is 282 g/mol. The van der Waals surface area contributed by atoms with Gasteiger partial charge >= 0.3 is 12.0 Å². The van der Waals surface area contributed by atoms with Gasteiger partial charge < -0.3 is 14.9 Å². The molecule has 1 N–H and O–H groups in total. The van der Waals surface area contributed by atoms with Crippen molar-refractivity contribution >= 4 is 12.0 Å². The summed E-state index contributed by atoms with van der Waals surface area (Å²) in [6.45, 7) is 4.70. The Balaban J connectivity index is 2.04. The molecule has 4 unspecified atom stereocenters. The van der Waals surface area contributed by atoms with Crippen LogP contribution in [0.3, 0.4) is 0 Å². The van der Waals surface area contributed by atoms with Gasteiger partial charge in [0.1, 0.15) is 6.04 Å². The van der Waals surface area contributed by atoms with Crippen molar-refractivity contribution in [3.63, 3.8) is 0 Å². The Labute approximate surface area is 120 Å². The number of likely N-dealkylation sites (tertiary alicyclic amines) is 1. The fourth-order valence-electron chi connectivity index (χ4n) is 3.65. The maximum Gasteiger partial charge on any atom is 0.326 e. The van der Waals surface area contributed by atoms with E-state index < -0.39 is 12.0 Å². The van der Waals surface area contributed by atoms with Crippen LogP contribution in [-0.2, 0) is 4.79 Å². The van der Waals surface area contributed by atoms with Crippen molar-refractivity contribution in [2.45, 2.75) is 58.0 Å². The second kappa shape index (κ2) is 6.02. The van der Waals surface area contributed by atoms with Crippen LogP contribution in [0.5, 0.6) is 0 Å². The lowest BCUT2D eigenvalue weighted by Gasteiger charge is -2.37. The fraction of sp³-hybridized carbons (Fsp3) is 0.867. The van der Waals surface area contributed by atoms with Gasteiger partial charge in [-0.05, 0) is 31.1 Å². The van der Waals surface area contributed by atoms with E-state index in [9.17, 15) is 14.7 Å². The van der Waals surface area contributed by atoms with Crippen LogP contribution in [0.2, 0.25) is 0 Å². The van der Waals surface area contributed by atoms with Gasteiger partial charge in [0.2, 0.25) is 0 Å². The predicted molar refractivity (Wildman–Crippen MR) is 76.5 cm³/mol. The summed E-state index contributed by atoms with van der Waals surface area (Å²) < 4.78 is 0. The molecule has 1 aliphatic carbocycles. The lowest BCUT2D eigenvalue weighted by atomic mass is 9.86. The van der Waals surface area contributed by atoms with Crippen molar-refractivity contribution in [1.82, 2.24) is 9.80 Å². The standard InChI is InChI=1S/C15H26N2O3/c1-10-5-4-6-12(9-10)16(3)15(20)17-8-7-11(2)13(17)14(18)19/h10-13H,4-9H2,1-3H3,(H,18,19). The van der Waals surface area contributed by atoms with E-state index in [0.29, 0.717) is 12.5 Å². The molecule has 20 heavy (non-hydrogen) atoms. The third-order valence-electron chi connectivity index (χ3n) is 4.96. The molecule has 2 rings (SSSR count). The molecule has 5 nitrogen and oxygen atoms in total. The topological polar surface area (TPSA) is 60.9 Å². The minimum atomic E-state index is -0.881. The molecule has 5 heteroatoms. The smallest absolute Gasteiger partial charge is 0.326 e. The first-order chi connectivity index (χ1) is 9.41. The summed E-state index contributed by atoms with van der Waals surface area (Å²) in [6, 6.07) is -0.511. The number of rotatable bonds is 2. The van der Waals surface area contributed by atoms with E-state index >= 15 is 0 Å². The molecule has 1 aliphatic heterocycles. The van der Waals surface area contributed by atoms with E-state index in [-0.39, 0.29) is 18.0 Å². The molecule has 4 atom stereocenters. The Morgan fingerprint density at radius 2 is 1.90 bits per heavy atom. The molecule has 2 aliphatic rings. The number of urea groups is 1. The zero-order valence-corrected chi connectivity index (χ0v) is 12.7. The molecule has 1 saturated heterocycles. The van der Waals surface area contributed by atoms with Crippen LogP contribution in [0.25, 0.3) is 0 Å². The number of carbonyl (C=O) groups is 2. The van der Waals surface area contributed by atoms with E-state index in [4.69, 9.17) is 0 Å². The average Bonchev–Trinajstić information content (AvgIpc) is 2.79. The Hall–Kier alpha value is -1.26. The van der Waals surface area contributed by atoms with E-state index in [1.54, 1.807) is 9.80 Å². The Morgan fingerprint density at radius 1 is 1.20 bits per heavy atom. The molecule has 0 aromatic rings. The molecule has 2 fully saturated rings. The normalized spacial score (nSPS) is 34.0. The van der Waals surface area contributed by atoms with E-state index in [0.717, 1.165) is 25.7 Å². The van der Waals surface area contributed by atoms with Gasteiger partial charge in [0.25, 0.3) is 0 Å².